The van der Waals surface area contributed by atoms with Crippen LogP contribution in [0.15, 0.2) is 38.8 Å². The zero-order valence-corrected chi connectivity index (χ0v) is 21.4. The highest BCUT2D eigenvalue weighted by Gasteiger charge is 2.45. The molecule has 3 rings (SSSR count). The van der Waals surface area contributed by atoms with Gasteiger partial charge < -0.3 is 11.5 Å². The van der Waals surface area contributed by atoms with Gasteiger partial charge in [-0.1, -0.05) is 27.7 Å². The summed E-state index contributed by atoms with van der Waals surface area (Å²) < 4.78 is 0. The first-order valence-corrected chi connectivity index (χ1v) is 11.6. The van der Waals surface area contributed by atoms with E-state index in [1.807, 2.05) is 27.7 Å². The van der Waals surface area contributed by atoms with E-state index in [0.717, 1.165) is 0 Å². The molecule has 0 bridgehead atoms. The lowest BCUT2D eigenvalue weighted by molar-refractivity contribution is 0.0844. The van der Waals surface area contributed by atoms with E-state index in [-0.39, 0.29) is 45.5 Å². The van der Waals surface area contributed by atoms with E-state index in [2.05, 4.69) is 9.98 Å². The van der Waals surface area contributed by atoms with Crippen LogP contribution in [0.3, 0.4) is 0 Å². The highest BCUT2D eigenvalue weighted by atomic mass is 16.1. The molecule has 11 heteroatoms. The summed E-state index contributed by atoms with van der Waals surface area (Å²) in [5, 5.41) is 36.4. The highest BCUT2D eigenvalue weighted by molar-refractivity contribution is 6.13. The topological polar surface area (TPSA) is 219 Å². The number of pyridine rings is 1. The van der Waals surface area contributed by atoms with Crippen molar-refractivity contribution in [1.82, 2.24) is 4.98 Å². The van der Waals surface area contributed by atoms with Crippen LogP contribution < -0.4 is 11.5 Å². The standard InChI is InChI=1S/C27H25N9O2/c1-26(2)6-20-14(24(37)16(26)12-34-22(10-30)18(32)8-28)5-15-21(36-20)7-27(3,4)17(25(15)38)13-35-23(11-31)19(33)9-29/h5,12-13,16-17H,6-7,32-33H2,1-4H3/b22-18+,23-19+,34-12?,35-13?. The number of fused-ring (bicyclic) bond motifs is 2. The lowest BCUT2D eigenvalue weighted by atomic mass is 9.65. The monoisotopic (exact) mass is 507 g/mol. The van der Waals surface area contributed by atoms with Crippen molar-refractivity contribution in [3.63, 3.8) is 0 Å². The zero-order chi connectivity index (χ0) is 28.4. The van der Waals surface area contributed by atoms with Gasteiger partial charge in [0.2, 0.25) is 0 Å². The van der Waals surface area contributed by atoms with Gasteiger partial charge in [0.1, 0.15) is 35.7 Å². The van der Waals surface area contributed by atoms with Crippen molar-refractivity contribution in [2.24, 2.45) is 44.1 Å². The molecule has 2 aliphatic rings. The summed E-state index contributed by atoms with van der Waals surface area (Å²) in [4.78, 5) is 39.9. The van der Waals surface area contributed by atoms with Crippen LogP contribution in [0.2, 0.25) is 0 Å². The quantitative estimate of drug-likeness (QED) is 0.450. The average molecular weight is 508 g/mol. The van der Waals surface area contributed by atoms with Crippen LogP contribution >= 0.6 is 0 Å². The minimum absolute atomic E-state index is 0.283. The molecule has 0 saturated heterocycles. The van der Waals surface area contributed by atoms with Crippen molar-refractivity contribution in [1.29, 1.82) is 21.0 Å². The number of nitrogens with two attached hydrogens (primary N) is 2. The summed E-state index contributed by atoms with van der Waals surface area (Å²) in [5.74, 6) is -2.14. The number of hydrogen-bond donors (Lipinski definition) is 2. The fourth-order valence-electron chi connectivity index (χ4n) is 4.68. The van der Waals surface area contributed by atoms with Crippen LogP contribution in [-0.4, -0.2) is 29.0 Å². The van der Waals surface area contributed by atoms with Gasteiger partial charge in [0.25, 0.3) is 0 Å². The predicted molar refractivity (Wildman–Crippen MR) is 137 cm³/mol. The maximum absolute atomic E-state index is 13.6. The van der Waals surface area contributed by atoms with Crippen LogP contribution in [0.1, 0.15) is 59.8 Å². The van der Waals surface area contributed by atoms with Gasteiger partial charge in [0.15, 0.2) is 23.0 Å². The van der Waals surface area contributed by atoms with Crippen molar-refractivity contribution in [2.45, 2.75) is 40.5 Å². The molecule has 0 fully saturated rings. The average Bonchev–Trinajstić information content (AvgIpc) is 2.86. The second-order valence-electron chi connectivity index (χ2n) is 10.5. The van der Waals surface area contributed by atoms with E-state index in [1.54, 1.807) is 30.3 Å². The number of aromatic nitrogens is 1. The van der Waals surface area contributed by atoms with Gasteiger partial charge in [0.05, 0.1) is 23.2 Å². The van der Waals surface area contributed by atoms with Gasteiger partial charge in [0, 0.05) is 23.6 Å². The van der Waals surface area contributed by atoms with Crippen molar-refractivity contribution in [2.75, 3.05) is 0 Å². The molecule has 0 aromatic carbocycles. The van der Waals surface area contributed by atoms with E-state index in [9.17, 15) is 20.1 Å². The summed E-state index contributed by atoms with van der Waals surface area (Å²) in [7, 11) is 0. The smallest absolute Gasteiger partial charge is 0.174 e. The molecule has 38 heavy (non-hydrogen) atoms. The second kappa shape index (κ2) is 10.1. The summed E-state index contributed by atoms with van der Waals surface area (Å²) >= 11 is 0. The van der Waals surface area contributed by atoms with E-state index >= 15 is 0 Å². The molecule has 1 heterocycles. The van der Waals surface area contributed by atoms with Crippen LogP contribution in [-0.2, 0) is 12.8 Å². The summed E-state index contributed by atoms with van der Waals surface area (Å²) in [6, 6.07) is 8.38. The first kappa shape index (κ1) is 27.5. The van der Waals surface area contributed by atoms with Crippen molar-refractivity contribution in [3.05, 3.63) is 51.4 Å². The predicted octanol–water partition coefficient (Wildman–Crippen LogP) is 2.42. The molecule has 0 radical (unpaired) electrons. The molecule has 11 nitrogen and oxygen atoms in total. The maximum atomic E-state index is 13.6. The molecule has 2 unspecified atom stereocenters. The van der Waals surface area contributed by atoms with E-state index in [4.69, 9.17) is 27.0 Å². The number of nitriles is 4. The van der Waals surface area contributed by atoms with Gasteiger partial charge in [-0.15, -0.1) is 0 Å². The lowest BCUT2D eigenvalue weighted by Gasteiger charge is -2.39. The van der Waals surface area contributed by atoms with Crippen molar-refractivity contribution in [3.8, 4) is 24.3 Å². The summed E-state index contributed by atoms with van der Waals surface area (Å²) in [6.07, 6.45) is 3.48. The molecule has 0 amide bonds. The molecule has 2 aliphatic carbocycles. The van der Waals surface area contributed by atoms with Crippen molar-refractivity contribution < 1.29 is 9.59 Å². The molecule has 2 atom stereocenters. The van der Waals surface area contributed by atoms with Crippen LogP contribution in [0.4, 0.5) is 0 Å². The Hall–Kier alpha value is -5.13. The third-order valence-corrected chi connectivity index (χ3v) is 6.87. The zero-order valence-electron chi connectivity index (χ0n) is 21.4. The van der Waals surface area contributed by atoms with Gasteiger partial charge in [-0.25, -0.2) is 9.98 Å². The minimum Gasteiger partial charge on any atom is -0.388 e. The number of Topliss-reactive ketones (excluding diaryl/α,β-unsaturated/α-hetero) is 2. The van der Waals surface area contributed by atoms with E-state index in [1.165, 1.54) is 12.4 Å². The Morgan fingerprint density at radius 2 is 1.18 bits per heavy atom. The number of nitrogens with zero attached hydrogens (tertiary/aromatic N) is 7. The first-order chi connectivity index (χ1) is 17.8. The molecule has 0 spiro atoms. The number of aliphatic imine (C=N–C) groups is 2. The number of ketones is 2. The van der Waals surface area contributed by atoms with Crippen LogP contribution in [0.25, 0.3) is 0 Å². The normalized spacial score (nSPS) is 22.7. The lowest BCUT2D eigenvalue weighted by Crippen LogP contribution is -2.43. The highest BCUT2D eigenvalue weighted by Crippen LogP contribution is 2.43. The third-order valence-electron chi connectivity index (χ3n) is 6.87. The largest absolute Gasteiger partial charge is 0.388 e. The SMILES string of the molecule is CC1(C)Cc2nc3c(cc2C(=O)C1C=N/C(C#N)=C(/N)C#N)C(=O)C(C=N/C(C#N)=C(/N)C#N)C(C)(C)C3. The number of carbonyl (C=O) groups is 2. The fraction of sp³-hybridized carbons (Fsp3) is 0.370. The summed E-state index contributed by atoms with van der Waals surface area (Å²) in [6.45, 7) is 7.52. The van der Waals surface area contributed by atoms with E-state index in [0.29, 0.717) is 24.2 Å². The Kier molecular flexibility index (Phi) is 7.29. The number of carbonyl (C=O) groups excluding carboxylic acids is 2. The fourth-order valence-corrected chi connectivity index (χ4v) is 4.68. The molecular formula is C27H25N9O2. The first-order valence-electron chi connectivity index (χ1n) is 11.6. The van der Waals surface area contributed by atoms with Gasteiger partial charge in [-0.2, -0.15) is 21.0 Å². The van der Waals surface area contributed by atoms with Crippen LogP contribution in [0.5, 0.6) is 0 Å². The Bertz CT molecular complexity index is 1420. The Morgan fingerprint density at radius 3 is 1.50 bits per heavy atom. The van der Waals surface area contributed by atoms with Crippen LogP contribution in [0, 0.1) is 68.0 Å². The molecule has 1 aromatic heterocycles. The molecule has 0 saturated carbocycles. The Balaban J connectivity index is 2.07. The summed E-state index contributed by atoms with van der Waals surface area (Å²) in [5.41, 5.74) is 10.3. The van der Waals surface area contributed by atoms with Gasteiger partial charge in [-0.05, 0) is 29.7 Å². The molecule has 190 valence electrons. The third kappa shape index (κ3) is 4.91. The molecular weight excluding hydrogens is 482 g/mol. The Morgan fingerprint density at radius 1 is 0.816 bits per heavy atom. The van der Waals surface area contributed by atoms with E-state index < -0.39 is 22.7 Å². The van der Waals surface area contributed by atoms with Gasteiger partial charge >= 0.3 is 0 Å². The number of rotatable bonds is 4. The number of allylic oxidation sites excluding steroid dienone is 4. The molecule has 1 aromatic rings. The second-order valence-corrected chi connectivity index (χ2v) is 10.5. The molecule has 4 N–H and O–H groups in total. The maximum Gasteiger partial charge on any atom is 0.174 e. The molecule has 0 aliphatic heterocycles. The Labute approximate surface area is 220 Å². The van der Waals surface area contributed by atoms with Gasteiger partial charge in [-0.3, -0.25) is 14.6 Å². The number of hydrogen-bond acceptors (Lipinski definition) is 11. The minimum atomic E-state index is -0.755. The van der Waals surface area contributed by atoms with Crippen molar-refractivity contribution >= 4 is 24.0 Å².